The van der Waals surface area contributed by atoms with Crippen LogP contribution in [-0.4, -0.2) is 26.0 Å². The molecular weight excluding hydrogens is 528 g/mol. The van der Waals surface area contributed by atoms with Gasteiger partial charge in [0.2, 0.25) is 0 Å². The second-order valence-corrected chi connectivity index (χ2v) is 5.60. The number of halogens is 6. The summed E-state index contributed by atoms with van der Waals surface area (Å²) in [6.07, 6.45) is -4.76. The van der Waals surface area contributed by atoms with Crippen LogP contribution in [-0.2, 0) is 13.1 Å². The van der Waals surface area contributed by atoms with Gasteiger partial charge < -0.3 is 25.3 Å². The Kier molecular flexibility index (Phi) is 9.89. The average Bonchev–Trinajstić information content (AvgIpc) is 2.64. The highest BCUT2D eigenvalue weighted by Crippen LogP contribution is 2.26. The first kappa shape index (κ1) is 25.5. The van der Waals surface area contributed by atoms with Gasteiger partial charge in [0, 0.05) is 18.2 Å². The first-order valence-corrected chi connectivity index (χ1v) is 8.16. The zero-order chi connectivity index (χ0) is 21.4. The van der Waals surface area contributed by atoms with Gasteiger partial charge in [0.15, 0.2) is 5.96 Å². The fourth-order valence-corrected chi connectivity index (χ4v) is 2.23. The third-order valence-electron chi connectivity index (χ3n) is 3.54. The molecule has 2 aromatic rings. The first-order chi connectivity index (χ1) is 13.7. The third-order valence-corrected chi connectivity index (χ3v) is 3.54. The van der Waals surface area contributed by atoms with Gasteiger partial charge in [0.25, 0.3) is 0 Å². The highest BCUT2D eigenvalue weighted by atomic mass is 127. The van der Waals surface area contributed by atoms with E-state index < -0.39 is 13.0 Å². The van der Waals surface area contributed by atoms with Crippen LogP contribution >= 0.6 is 24.0 Å². The molecule has 2 rings (SSSR count). The Morgan fingerprint density at radius 2 is 1.73 bits per heavy atom. The van der Waals surface area contributed by atoms with E-state index >= 15 is 0 Å². The second kappa shape index (κ2) is 11.6. The number of nitrogens with two attached hydrogens (primary N) is 1. The maximum atomic E-state index is 12.6. The van der Waals surface area contributed by atoms with Crippen LogP contribution in [0.1, 0.15) is 11.1 Å². The molecule has 0 fully saturated rings. The van der Waals surface area contributed by atoms with Gasteiger partial charge in [-0.05, 0) is 29.8 Å². The van der Waals surface area contributed by atoms with E-state index in [4.69, 9.17) is 10.5 Å². The standard InChI is InChI=1S/C18H18F5N3O3.HI/c1-27-14-7-4-12(15(8-14)28-16(19)20)10-26-17(24)25-9-11-2-5-13(6-3-11)29-18(21,22)23;/h2-8,16H,9-10H2,1H3,(H3,24,25,26);1H. The molecule has 0 aliphatic heterocycles. The molecule has 2 aromatic carbocycles. The Balaban J connectivity index is 0.00000450. The van der Waals surface area contributed by atoms with Crippen LogP contribution in [0.25, 0.3) is 0 Å². The van der Waals surface area contributed by atoms with E-state index in [1.165, 1.54) is 31.4 Å². The summed E-state index contributed by atoms with van der Waals surface area (Å²) < 4.78 is 74.7. The van der Waals surface area contributed by atoms with Crippen LogP contribution in [0.15, 0.2) is 47.5 Å². The Hall–Kier alpha value is -2.51. The van der Waals surface area contributed by atoms with Crippen molar-refractivity contribution in [2.45, 2.75) is 26.1 Å². The summed E-state index contributed by atoms with van der Waals surface area (Å²) in [5, 5.41) is 2.75. The molecule has 0 spiro atoms. The predicted molar refractivity (Wildman–Crippen MR) is 110 cm³/mol. The van der Waals surface area contributed by atoms with Crippen molar-refractivity contribution >= 4 is 29.9 Å². The molecule has 0 radical (unpaired) electrons. The van der Waals surface area contributed by atoms with Crippen molar-refractivity contribution in [3.05, 3.63) is 53.6 Å². The molecule has 0 aromatic heterocycles. The van der Waals surface area contributed by atoms with Crippen LogP contribution in [0.5, 0.6) is 17.2 Å². The number of hydrogen-bond donors (Lipinski definition) is 2. The number of hydrogen-bond acceptors (Lipinski definition) is 4. The Morgan fingerprint density at radius 1 is 1.10 bits per heavy atom. The quantitative estimate of drug-likeness (QED) is 0.222. The molecule has 0 saturated carbocycles. The van der Waals surface area contributed by atoms with Gasteiger partial charge in [0.1, 0.15) is 17.2 Å². The minimum Gasteiger partial charge on any atom is -0.497 e. The lowest BCUT2D eigenvalue weighted by atomic mass is 10.2. The minimum absolute atomic E-state index is 0. The molecule has 166 valence electrons. The van der Waals surface area contributed by atoms with Gasteiger partial charge in [-0.2, -0.15) is 8.78 Å². The molecule has 0 amide bonds. The lowest BCUT2D eigenvalue weighted by Crippen LogP contribution is -2.31. The van der Waals surface area contributed by atoms with E-state index in [1.807, 2.05) is 0 Å². The summed E-state index contributed by atoms with van der Waals surface area (Å²) in [5.74, 6) is -0.0503. The van der Waals surface area contributed by atoms with E-state index in [0.29, 0.717) is 16.9 Å². The number of nitrogens with one attached hydrogen (secondary N) is 1. The van der Waals surface area contributed by atoms with Crippen molar-refractivity contribution < 1.29 is 36.2 Å². The molecule has 30 heavy (non-hydrogen) atoms. The summed E-state index contributed by atoms with van der Waals surface area (Å²) >= 11 is 0. The fraction of sp³-hybridized carbons (Fsp3) is 0.278. The Bertz CT molecular complexity index is 833. The number of aliphatic imine (C=N–C) groups is 1. The predicted octanol–water partition coefficient (Wildman–Crippen LogP) is 4.42. The van der Waals surface area contributed by atoms with Crippen molar-refractivity contribution in [3.63, 3.8) is 0 Å². The molecule has 0 atom stereocenters. The first-order valence-electron chi connectivity index (χ1n) is 8.16. The monoisotopic (exact) mass is 547 g/mol. The van der Waals surface area contributed by atoms with Crippen molar-refractivity contribution in [3.8, 4) is 17.2 Å². The summed E-state index contributed by atoms with van der Waals surface area (Å²) in [5.41, 5.74) is 6.74. The van der Waals surface area contributed by atoms with Gasteiger partial charge in [-0.3, -0.25) is 0 Å². The molecule has 6 nitrogen and oxygen atoms in total. The number of nitrogens with zero attached hydrogens (tertiary/aromatic N) is 1. The van der Waals surface area contributed by atoms with Gasteiger partial charge in [0.05, 0.1) is 13.7 Å². The zero-order valence-corrected chi connectivity index (χ0v) is 17.9. The number of alkyl halides is 5. The average molecular weight is 547 g/mol. The van der Waals surface area contributed by atoms with Crippen LogP contribution < -0.4 is 25.3 Å². The Labute approximate surface area is 186 Å². The normalized spacial score (nSPS) is 11.6. The van der Waals surface area contributed by atoms with Crippen molar-refractivity contribution in [1.29, 1.82) is 0 Å². The SMILES string of the molecule is COc1ccc(CNC(N)=NCc2ccc(OC(F)(F)F)cc2)c(OC(F)F)c1.I. The van der Waals surface area contributed by atoms with Crippen molar-refractivity contribution in [2.75, 3.05) is 7.11 Å². The van der Waals surface area contributed by atoms with Crippen LogP contribution in [0.3, 0.4) is 0 Å². The zero-order valence-electron chi connectivity index (χ0n) is 15.6. The molecule has 0 aliphatic rings. The van der Waals surface area contributed by atoms with E-state index in [-0.39, 0.29) is 54.5 Å². The molecule has 12 heteroatoms. The summed E-state index contributed by atoms with van der Waals surface area (Å²) in [6.45, 7) is -2.86. The largest absolute Gasteiger partial charge is 0.573 e. The molecule has 0 bridgehead atoms. The molecular formula is C18H19F5IN3O3. The number of ether oxygens (including phenoxy) is 3. The van der Waals surface area contributed by atoms with Crippen LogP contribution in [0.4, 0.5) is 22.0 Å². The molecule has 0 saturated heterocycles. The molecule has 0 heterocycles. The summed E-state index contributed by atoms with van der Waals surface area (Å²) in [4.78, 5) is 4.04. The molecule has 0 unspecified atom stereocenters. The third kappa shape index (κ3) is 8.88. The van der Waals surface area contributed by atoms with Crippen LogP contribution in [0.2, 0.25) is 0 Å². The highest BCUT2D eigenvalue weighted by Gasteiger charge is 2.30. The van der Waals surface area contributed by atoms with Crippen molar-refractivity contribution in [2.24, 2.45) is 10.7 Å². The van der Waals surface area contributed by atoms with Crippen LogP contribution in [0, 0.1) is 0 Å². The van der Waals surface area contributed by atoms with E-state index in [1.54, 1.807) is 6.07 Å². The van der Waals surface area contributed by atoms with Crippen molar-refractivity contribution in [1.82, 2.24) is 5.32 Å². The number of benzene rings is 2. The fourth-order valence-electron chi connectivity index (χ4n) is 2.23. The lowest BCUT2D eigenvalue weighted by molar-refractivity contribution is -0.274. The maximum Gasteiger partial charge on any atom is 0.573 e. The topological polar surface area (TPSA) is 78.1 Å². The number of guanidine groups is 1. The van der Waals surface area contributed by atoms with Gasteiger partial charge in [-0.1, -0.05) is 12.1 Å². The van der Waals surface area contributed by atoms with Gasteiger partial charge in [-0.25, -0.2) is 4.99 Å². The van der Waals surface area contributed by atoms with E-state index in [2.05, 4.69) is 19.8 Å². The van der Waals surface area contributed by atoms with E-state index in [9.17, 15) is 22.0 Å². The highest BCUT2D eigenvalue weighted by molar-refractivity contribution is 14.0. The number of rotatable bonds is 8. The molecule has 0 aliphatic carbocycles. The maximum absolute atomic E-state index is 12.6. The Morgan fingerprint density at radius 3 is 2.30 bits per heavy atom. The smallest absolute Gasteiger partial charge is 0.497 e. The lowest BCUT2D eigenvalue weighted by Gasteiger charge is -2.13. The molecule has 3 N–H and O–H groups in total. The van der Waals surface area contributed by atoms with E-state index in [0.717, 1.165) is 12.1 Å². The summed E-state index contributed by atoms with van der Waals surface area (Å²) in [7, 11) is 1.39. The van der Waals surface area contributed by atoms with Gasteiger partial charge in [-0.15, -0.1) is 37.1 Å². The van der Waals surface area contributed by atoms with Gasteiger partial charge >= 0.3 is 13.0 Å². The number of methoxy groups -OCH3 is 1. The minimum atomic E-state index is -4.76. The summed E-state index contributed by atoms with van der Waals surface area (Å²) in [6, 6.07) is 9.58. The second-order valence-electron chi connectivity index (χ2n) is 5.60.